The van der Waals surface area contributed by atoms with Gasteiger partial charge in [-0.1, -0.05) is 24.3 Å². The lowest BCUT2D eigenvalue weighted by Gasteiger charge is -2.05. The molecule has 2 aromatic rings. The summed E-state index contributed by atoms with van der Waals surface area (Å²) in [5.41, 5.74) is 1.40. The van der Waals surface area contributed by atoms with Gasteiger partial charge in [-0.3, -0.25) is 4.79 Å². The number of benzene rings is 2. The molecule has 1 amide bonds. The number of carbonyl (C=O) groups is 1. The summed E-state index contributed by atoms with van der Waals surface area (Å²) >= 11 is 4.19. The molecule has 0 aliphatic carbocycles. The van der Waals surface area contributed by atoms with Crippen LogP contribution >= 0.6 is 12.6 Å². The average molecular weight is 229 g/mol. The van der Waals surface area contributed by atoms with Crippen LogP contribution in [0.3, 0.4) is 0 Å². The Kier molecular flexibility index (Phi) is 3.27. The van der Waals surface area contributed by atoms with Crippen molar-refractivity contribution in [2.24, 2.45) is 0 Å². The summed E-state index contributed by atoms with van der Waals surface area (Å²) in [5, 5.41) is 2.81. The highest BCUT2D eigenvalue weighted by atomic mass is 32.1. The van der Waals surface area contributed by atoms with Crippen LogP contribution in [-0.4, -0.2) is 5.91 Å². The van der Waals surface area contributed by atoms with Gasteiger partial charge in [0.2, 0.25) is 0 Å². The second-order valence-electron chi connectivity index (χ2n) is 3.37. The monoisotopic (exact) mass is 229 g/mol. The van der Waals surface area contributed by atoms with Gasteiger partial charge in [0.25, 0.3) is 5.91 Å². The van der Waals surface area contributed by atoms with Crippen LogP contribution in [0.1, 0.15) is 10.4 Å². The van der Waals surface area contributed by atoms with Crippen LogP contribution in [0.25, 0.3) is 0 Å². The maximum atomic E-state index is 11.8. The maximum Gasteiger partial charge on any atom is 0.255 e. The molecule has 0 heterocycles. The quantitative estimate of drug-likeness (QED) is 0.761. The van der Waals surface area contributed by atoms with Crippen molar-refractivity contribution in [3.05, 3.63) is 60.2 Å². The van der Waals surface area contributed by atoms with E-state index in [-0.39, 0.29) is 5.91 Å². The SMILES string of the molecule is O=C(Nc1ccccc1)c1cccc(S)c1. The predicted octanol–water partition coefficient (Wildman–Crippen LogP) is 3.23. The van der Waals surface area contributed by atoms with E-state index >= 15 is 0 Å². The van der Waals surface area contributed by atoms with E-state index in [9.17, 15) is 4.79 Å². The highest BCUT2D eigenvalue weighted by Crippen LogP contribution is 2.12. The Labute approximate surface area is 99.7 Å². The van der Waals surface area contributed by atoms with Crippen molar-refractivity contribution in [1.29, 1.82) is 0 Å². The van der Waals surface area contributed by atoms with Crippen LogP contribution in [0, 0.1) is 0 Å². The third kappa shape index (κ3) is 2.64. The Hall–Kier alpha value is -1.74. The van der Waals surface area contributed by atoms with Gasteiger partial charge < -0.3 is 5.32 Å². The Bertz CT molecular complexity index is 496. The fraction of sp³-hybridized carbons (Fsp3) is 0. The standard InChI is InChI=1S/C13H11NOS/c15-13(10-5-4-8-12(16)9-10)14-11-6-2-1-3-7-11/h1-9,16H,(H,14,15). The summed E-state index contributed by atoms with van der Waals surface area (Å²) < 4.78 is 0. The van der Waals surface area contributed by atoms with Gasteiger partial charge in [0.1, 0.15) is 0 Å². The van der Waals surface area contributed by atoms with Gasteiger partial charge in [-0.2, -0.15) is 0 Å². The number of rotatable bonds is 2. The number of anilines is 1. The summed E-state index contributed by atoms with van der Waals surface area (Å²) in [6.07, 6.45) is 0. The summed E-state index contributed by atoms with van der Waals surface area (Å²) in [4.78, 5) is 12.6. The minimum Gasteiger partial charge on any atom is -0.322 e. The number of nitrogens with one attached hydrogen (secondary N) is 1. The van der Waals surface area contributed by atoms with E-state index < -0.39 is 0 Å². The van der Waals surface area contributed by atoms with Crippen LogP contribution in [0.2, 0.25) is 0 Å². The fourth-order valence-electron chi connectivity index (χ4n) is 1.37. The molecule has 0 aliphatic rings. The first-order chi connectivity index (χ1) is 7.75. The van der Waals surface area contributed by atoms with Crippen LogP contribution in [0.4, 0.5) is 5.69 Å². The molecule has 0 aliphatic heterocycles. The number of hydrogen-bond acceptors (Lipinski definition) is 2. The molecule has 0 saturated carbocycles. The first-order valence-electron chi connectivity index (χ1n) is 4.91. The minimum absolute atomic E-state index is 0.123. The molecule has 3 heteroatoms. The molecule has 0 unspecified atom stereocenters. The Morgan fingerprint density at radius 1 is 1.00 bits per heavy atom. The summed E-state index contributed by atoms with van der Waals surface area (Å²) in [7, 11) is 0. The molecule has 0 spiro atoms. The third-order valence-corrected chi connectivity index (χ3v) is 2.42. The lowest BCUT2D eigenvalue weighted by atomic mass is 10.2. The smallest absolute Gasteiger partial charge is 0.255 e. The average Bonchev–Trinajstić information content (AvgIpc) is 2.30. The van der Waals surface area contributed by atoms with Crippen LogP contribution in [-0.2, 0) is 0 Å². The van der Waals surface area contributed by atoms with Crippen molar-refractivity contribution in [3.8, 4) is 0 Å². The van der Waals surface area contributed by atoms with Crippen LogP contribution in [0.5, 0.6) is 0 Å². The van der Waals surface area contributed by atoms with Gasteiger partial charge in [0.05, 0.1) is 0 Å². The van der Waals surface area contributed by atoms with E-state index in [0.29, 0.717) is 5.56 Å². The van der Waals surface area contributed by atoms with Crippen molar-refractivity contribution in [2.75, 3.05) is 5.32 Å². The first kappa shape index (κ1) is 10.8. The van der Waals surface area contributed by atoms with Crippen molar-refractivity contribution >= 4 is 24.2 Å². The molecule has 2 aromatic carbocycles. The summed E-state index contributed by atoms with van der Waals surface area (Å²) in [6.45, 7) is 0. The zero-order valence-electron chi connectivity index (χ0n) is 8.55. The van der Waals surface area contributed by atoms with Crippen molar-refractivity contribution < 1.29 is 4.79 Å². The Morgan fingerprint density at radius 3 is 2.44 bits per heavy atom. The molecule has 16 heavy (non-hydrogen) atoms. The number of thiol groups is 1. The van der Waals surface area contributed by atoms with Gasteiger partial charge in [0, 0.05) is 16.1 Å². The molecule has 0 fully saturated rings. The van der Waals surface area contributed by atoms with Gasteiger partial charge >= 0.3 is 0 Å². The first-order valence-corrected chi connectivity index (χ1v) is 5.36. The fourth-order valence-corrected chi connectivity index (χ4v) is 1.60. The second kappa shape index (κ2) is 4.86. The highest BCUT2D eigenvalue weighted by Gasteiger charge is 2.05. The molecular formula is C13H11NOS. The van der Waals surface area contributed by atoms with Crippen molar-refractivity contribution in [3.63, 3.8) is 0 Å². The number of hydrogen-bond donors (Lipinski definition) is 2. The molecule has 80 valence electrons. The number of amides is 1. The van der Waals surface area contributed by atoms with E-state index in [1.807, 2.05) is 42.5 Å². The van der Waals surface area contributed by atoms with Gasteiger partial charge in [0.15, 0.2) is 0 Å². The molecule has 2 nitrogen and oxygen atoms in total. The molecule has 1 N–H and O–H groups in total. The molecule has 2 rings (SSSR count). The summed E-state index contributed by atoms with van der Waals surface area (Å²) in [5.74, 6) is -0.123. The lowest BCUT2D eigenvalue weighted by Crippen LogP contribution is -2.11. The zero-order valence-corrected chi connectivity index (χ0v) is 9.45. The Morgan fingerprint density at radius 2 is 1.75 bits per heavy atom. The minimum atomic E-state index is -0.123. The Balaban J connectivity index is 2.15. The van der Waals surface area contributed by atoms with Gasteiger partial charge in [-0.25, -0.2) is 0 Å². The van der Waals surface area contributed by atoms with Crippen molar-refractivity contribution in [1.82, 2.24) is 0 Å². The van der Waals surface area contributed by atoms with Crippen molar-refractivity contribution in [2.45, 2.75) is 4.90 Å². The topological polar surface area (TPSA) is 29.1 Å². The van der Waals surface area contributed by atoms with Crippen LogP contribution < -0.4 is 5.32 Å². The number of para-hydroxylation sites is 1. The second-order valence-corrected chi connectivity index (χ2v) is 3.89. The molecule has 0 radical (unpaired) electrons. The zero-order chi connectivity index (χ0) is 11.4. The molecule has 0 bridgehead atoms. The highest BCUT2D eigenvalue weighted by molar-refractivity contribution is 7.80. The molecule has 0 aromatic heterocycles. The molecule has 0 saturated heterocycles. The van der Waals surface area contributed by atoms with E-state index in [4.69, 9.17) is 0 Å². The van der Waals surface area contributed by atoms with Gasteiger partial charge in [-0.05, 0) is 30.3 Å². The van der Waals surface area contributed by atoms with E-state index in [1.54, 1.807) is 12.1 Å². The maximum absolute atomic E-state index is 11.8. The van der Waals surface area contributed by atoms with E-state index in [0.717, 1.165) is 10.6 Å². The number of carbonyl (C=O) groups excluding carboxylic acids is 1. The molecule has 0 atom stereocenters. The largest absolute Gasteiger partial charge is 0.322 e. The van der Waals surface area contributed by atoms with Crippen LogP contribution in [0.15, 0.2) is 59.5 Å². The summed E-state index contributed by atoms with van der Waals surface area (Å²) in [6, 6.07) is 16.5. The lowest BCUT2D eigenvalue weighted by molar-refractivity contribution is 0.102. The third-order valence-electron chi connectivity index (χ3n) is 2.14. The normalized spacial score (nSPS) is 9.81. The van der Waals surface area contributed by atoms with Gasteiger partial charge in [-0.15, -0.1) is 12.6 Å². The van der Waals surface area contributed by atoms with E-state index in [1.165, 1.54) is 0 Å². The molecular weight excluding hydrogens is 218 g/mol. The van der Waals surface area contributed by atoms with E-state index in [2.05, 4.69) is 17.9 Å². The predicted molar refractivity (Wildman–Crippen MR) is 68.1 cm³/mol.